The predicted molar refractivity (Wildman–Crippen MR) is 78.9 cm³/mol. The third-order valence-corrected chi connectivity index (χ3v) is 3.28. The Hall–Kier alpha value is -1.64. The Kier molecular flexibility index (Phi) is 4.35. The van der Waals surface area contributed by atoms with Crippen molar-refractivity contribution in [2.45, 2.75) is 26.0 Å². The minimum atomic E-state index is -0.842. The summed E-state index contributed by atoms with van der Waals surface area (Å²) in [7, 11) is 0. The van der Waals surface area contributed by atoms with Gasteiger partial charge in [0, 0.05) is 13.1 Å². The molecule has 0 aliphatic heterocycles. The minimum Gasteiger partial charge on any atom is -0.384 e. The summed E-state index contributed by atoms with van der Waals surface area (Å²) in [6.45, 7) is 5.23. The van der Waals surface area contributed by atoms with Crippen molar-refractivity contribution >= 4 is 0 Å². The van der Waals surface area contributed by atoms with E-state index in [-0.39, 0.29) is 0 Å². The van der Waals surface area contributed by atoms with E-state index in [1.807, 2.05) is 37.3 Å². The van der Waals surface area contributed by atoms with E-state index in [4.69, 9.17) is 0 Å². The van der Waals surface area contributed by atoms with Gasteiger partial charge in [0.05, 0.1) is 5.60 Å². The summed E-state index contributed by atoms with van der Waals surface area (Å²) in [5.41, 5.74) is 2.59. The Labute approximate surface area is 115 Å². The molecule has 0 spiro atoms. The lowest BCUT2D eigenvalue weighted by atomic mass is 9.96. The van der Waals surface area contributed by atoms with E-state index < -0.39 is 5.60 Å². The molecule has 2 rings (SSSR count). The molecular weight excluding hydrogens is 234 g/mol. The third kappa shape index (κ3) is 3.91. The maximum Gasteiger partial charge on any atom is 0.0992 e. The topological polar surface area (TPSA) is 32.3 Å². The quantitative estimate of drug-likeness (QED) is 0.861. The van der Waals surface area contributed by atoms with Gasteiger partial charge in [0.15, 0.2) is 0 Å². The van der Waals surface area contributed by atoms with E-state index in [0.717, 1.165) is 12.1 Å². The van der Waals surface area contributed by atoms with E-state index in [1.54, 1.807) is 0 Å². The number of aryl methyl sites for hydroxylation is 1. The van der Waals surface area contributed by atoms with Crippen molar-refractivity contribution < 1.29 is 5.11 Å². The van der Waals surface area contributed by atoms with Gasteiger partial charge in [-0.1, -0.05) is 60.2 Å². The molecule has 2 aromatic rings. The second kappa shape index (κ2) is 6.00. The molecule has 0 saturated carbocycles. The van der Waals surface area contributed by atoms with Crippen LogP contribution in [0, 0.1) is 6.92 Å². The highest BCUT2D eigenvalue weighted by Gasteiger charge is 2.21. The van der Waals surface area contributed by atoms with Crippen LogP contribution in [-0.2, 0) is 12.1 Å². The lowest BCUT2D eigenvalue weighted by molar-refractivity contribution is 0.0567. The molecule has 1 atom stereocenters. The SMILES string of the molecule is Cc1cccc(CNC[C@@](C)(O)c2ccccc2)c1. The van der Waals surface area contributed by atoms with Gasteiger partial charge in [0.25, 0.3) is 0 Å². The molecule has 0 unspecified atom stereocenters. The molecule has 0 fully saturated rings. The number of nitrogens with one attached hydrogen (secondary N) is 1. The zero-order valence-corrected chi connectivity index (χ0v) is 11.6. The molecule has 19 heavy (non-hydrogen) atoms. The zero-order valence-electron chi connectivity index (χ0n) is 11.6. The summed E-state index contributed by atoms with van der Waals surface area (Å²) in [6, 6.07) is 18.2. The normalized spacial score (nSPS) is 14.1. The molecule has 2 aromatic carbocycles. The second-order valence-corrected chi connectivity index (χ2v) is 5.23. The van der Waals surface area contributed by atoms with Crippen LogP contribution in [0.15, 0.2) is 54.6 Å². The van der Waals surface area contributed by atoms with Crippen LogP contribution in [0.2, 0.25) is 0 Å². The highest BCUT2D eigenvalue weighted by atomic mass is 16.3. The highest BCUT2D eigenvalue weighted by molar-refractivity contribution is 5.23. The molecule has 0 aromatic heterocycles. The van der Waals surface area contributed by atoms with Gasteiger partial charge in [-0.2, -0.15) is 0 Å². The Morgan fingerprint density at radius 1 is 1.05 bits per heavy atom. The van der Waals surface area contributed by atoms with Crippen LogP contribution in [-0.4, -0.2) is 11.7 Å². The number of hydrogen-bond donors (Lipinski definition) is 2. The van der Waals surface area contributed by atoms with Crippen LogP contribution in [0.1, 0.15) is 23.6 Å². The minimum absolute atomic E-state index is 0.533. The van der Waals surface area contributed by atoms with Crippen LogP contribution in [0.5, 0.6) is 0 Å². The van der Waals surface area contributed by atoms with Crippen molar-refractivity contribution in [1.82, 2.24) is 5.32 Å². The Bertz CT molecular complexity index is 520. The maximum absolute atomic E-state index is 10.5. The van der Waals surface area contributed by atoms with Crippen LogP contribution in [0.3, 0.4) is 0 Å². The van der Waals surface area contributed by atoms with Gasteiger partial charge < -0.3 is 10.4 Å². The highest BCUT2D eigenvalue weighted by Crippen LogP contribution is 2.19. The second-order valence-electron chi connectivity index (χ2n) is 5.23. The van der Waals surface area contributed by atoms with E-state index >= 15 is 0 Å². The standard InChI is InChI=1S/C17H21NO/c1-14-7-6-8-15(11-14)12-18-13-17(2,19)16-9-4-3-5-10-16/h3-11,18-19H,12-13H2,1-2H3/t17-/m1/s1. The Morgan fingerprint density at radius 2 is 1.79 bits per heavy atom. The molecule has 100 valence electrons. The first-order chi connectivity index (χ1) is 9.08. The summed E-state index contributed by atoms with van der Waals surface area (Å²) in [5.74, 6) is 0. The third-order valence-electron chi connectivity index (χ3n) is 3.28. The van der Waals surface area contributed by atoms with Crippen molar-refractivity contribution in [2.24, 2.45) is 0 Å². The fourth-order valence-electron chi connectivity index (χ4n) is 2.17. The predicted octanol–water partition coefficient (Wildman–Crippen LogP) is 2.99. The van der Waals surface area contributed by atoms with Gasteiger partial charge in [0.2, 0.25) is 0 Å². The molecule has 2 N–H and O–H groups in total. The van der Waals surface area contributed by atoms with Crippen LogP contribution in [0.4, 0.5) is 0 Å². The van der Waals surface area contributed by atoms with E-state index in [9.17, 15) is 5.11 Å². The number of aliphatic hydroxyl groups is 1. The van der Waals surface area contributed by atoms with E-state index in [2.05, 4.69) is 36.5 Å². The van der Waals surface area contributed by atoms with Gasteiger partial charge in [-0.25, -0.2) is 0 Å². The summed E-state index contributed by atoms with van der Waals surface area (Å²) in [4.78, 5) is 0. The molecular formula is C17H21NO. The smallest absolute Gasteiger partial charge is 0.0992 e. The summed E-state index contributed by atoms with van der Waals surface area (Å²) >= 11 is 0. The molecule has 0 heterocycles. The van der Waals surface area contributed by atoms with Gasteiger partial charge in [-0.15, -0.1) is 0 Å². The van der Waals surface area contributed by atoms with Gasteiger partial charge >= 0.3 is 0 Å². The van der Waals surface area contributed by atoms with Crippen molar-refractivity contribution in [3.8, 4) is 0 Å². The van der Waals surface area contributed by atoms with Crippen molar-refractivity contribution in [2.75, 3.05) is 6.54 Å². The van der Waals surface area contributed by atoms with Gasteiger partial charge in [-0.3, -0.25) is 0 Å². The van der Waals surface area contributed by atoms with Crippen molar-refractivity contribution in [3.05, 3.63) is 71.3 Å². The fraction of sp³-hybridized carbons (Fsp3) is 0.294. The average molecular weight is 255 g/mol. The zero-order chi connectivity index (χ0) is 13.7. The van der Waals surface area contributed by atoms with Crippen LogP contribution in [0.25, 0.3) is 0 Å². The first-order valence-electron chi connectivity index (χ1n) is 6.62. The van der Waals surface area contributed by atoms with E-state index in [0.29, 0.717) is 6.54 Å². The molecule has 0 aliphatic carbocycles. The average Bonchev–Trinajstić information content (AvgIpc) is 2.40. The fourth-order valence-corrected chi connectivity index (χ4v) is 2.17. The monoisotopic (exact) mass is 255 g/mol. The lowest BCUT2D eigenvalue weighted by Crippen LogP contribution is -2.35. The number of benzene rings is 2. The molecule has 2 nitrogen and oxygen atoms in total. The largest absolute Gasteiger partial charge is 0.384 e. The summed E-state index contributed by atoms with van der Waals surface area (Å²) in [5, 5.41) is 13.8. The molecule has 0 saturated heterocycles. The molecule has 0 amide bonds. The van der Waals surface area contributed by atoms with Crippen molar-refractivity contribution in [1.29, 1.82) is 0 Å². The van der Waals surface area contributed by atoms with Gasteiger partial charge in [-0.05, 0) is 25.0 Å². The molecule has 0 aliphatic rings. The number of hydrogen-bond acceptors (Lipinski definition) is 2. The first-order valence-corrected chi connectivity index (χ1v) is 6.62. The molecule has 2 heteroatoms. The van der Waals surface area contributed by atoms with Crippen LogP contribution < -0.4 is 5.32 Å². The first kappa shape index (κ1) is 13.8. The Morgan fingerprint density at radius 3 is 2.47 bits per heavy atom. The summed E-state index contributed by atoms with van der Waals surface area (Å²) in [6.07, 6.45) is 0. The Balaban J connectivity index is 1.92. The number of rotatable bonds is 5. The van der Waals surface area contributed by atoms with Crippen LogP contribution >= 0.6 is 0 Å². The van der Waals surface area contributed by atoms with Gasteiger partial charge in [0.1, 0.15) is 0 Å². The lowest BCUT2D eigenvalue weighted by Gasteiger charge is -2.24. The maximum atomic E-state index is 10.5. The molecule has 0 radical (unpaired) electrons. The summed E-state index contributed by atoms with van der Waals surface area (Å²) < 4.78 is 0. The van der Waals surface area contributed by atoms with E-state index in [1.165, 1.54) is 11.1 Å². The van der Waals surface area contributed by atoms with Crippen molar-refractivity contribution in [3.63, 3.8) is 0 Å². The molecule has 0 bridgehead atoms.